The topological polar surface area (TPSA) is 93.2 Å². The summed E-state index contributed by atoms with van der Waals surface area (Å²) in [5.74, 6) is -0.0827. The summed E-state index contributed by atoms with van der Waals surface area (Å²) >= 11 is 0. The zero-order valence-corrected chi connectivity index (χ0v) is 11.2. The summed E-state index contributed by atoms with van der Waals surface area (Å²) in [6.07, 6.45) is 5.20. The smallest absolute Gasteiger partial charge is 0.336 e. The molecular formula is C12H23N3O4. The van der Waals surface area contributed by atoms with Gasteiger partial charge in [0.2, 0.25) is 5.75 Å². The molecule has 7 heteroatoms. The first kappa shape index (κ1) is 15.0. The number of aromatic nitrogens is 2. The molecule has 0 aliphatic rings. The monoisotopic (exact) mass is 273 g/mol. The Labute approximate surface area is 113 Å². The number of hydrogen-bond acceptors (Lipinski definition) is 4. The van der Waals surface area contributed by atoms with Crippen molar-refractivity contribution in [1.82, 2.24) is 14.9 Å². The summed E-state index contributed by atoms with van der Waals surface area (Å²) in [5, 5.41) is 2.62. The van der Waals surface area contributed by atoms with Crippen molar-refractivity contribution >= 4 is 6.03 Å². The quantitative estimate of drug-likeness (QED) is 0.761. The van der Waals surface area contributed by atoms with E-state index in [2.05, 4.69) is 12.2 Å². The van der Waals surface area contributed by atoms with Crippen LogP contribution in [0.5, 0.6) is 5.75 Å². The second-order valence-corrected chi connectivity index (χ2v) is 4.12. The molecule has 2 N–H and O–H groups in total. The number of amides is 1. The maximum absolute atomic E-state index is 11.8. The predicted molar refractivity (Wildman–Crippen MR) is 75.0 cm³/mol. The maximum atomic E-state index is 11.8. The summed E-state index contributed by atoms with van der Waals surface area (Å²) in [7, 11) is 1.29. The SMILES string of the molecule is CCCCCCNC(=O)n1cc(OC)c(=O)[nH]c1=O.[HH].[HH]. The highest BCUT2D eigenvalue weighted by atomic mass is 16.5. The third-order valence-corrected chi connectivity index (χ3v) is 2.65. The first-order chi connectivity index (χ1) is 9.10. The summed E-state index contributed by atoms with van der Waals surface area (Å²) < 4.78 is 5.56. The molecule has 0 radical (unpaired) electrons. The molecule has 0 spiro atoms. The summed E-state index contributed by atoms with van der Waals surface area (Å²) in [6, 6.07) is -0.573. The lowest BCUT2D eigenvalue weighted by molar-refractivity contribution is 0.240. The first-order valence-corrected chi connectivity index (χ1v) is 6.28. The molecule has 0 aromatic carbocycles. The molecular weight excluding hydrogens is 250 g/mol. The van der Waals surface area contributed by atoms with Gasteiger partial charge in [0.15, 0.2) is 0 Å². The minimum absolute atomic E-state index is 0. The van der Waals surface area contributed by atoms with E-state index in [-0.39, 0.29) is 8.60 Å². The van der Waals surface area contributed by atoms with Gasteiger partial charge in [-0.1, -0.05) is 26.2 Å². The number of methoxy groups -OCH3 is 1. The Morgan fingerprint density at radius 1 is 1.42 bits per heavy atom. The third-order valence-electron chi connectivity index (χ3n) is 2.65. The number of hydrogen-bond donors (Lipinski definition) is 2. The molecule has 0 atom stereocenters. The Kier molecular flexibility index (Phi) is 5.84. The fourth-order valence-corrected chi connectivity index (χ4v) is 1.58. The first-order valence-electron chi connectivity index (χ1n) is 6.28. The second kappa shape index (κ2) is 7.40. The van der Waals surface area contributed by atoms with Crippen LogP contribution in [0.1, 0.15) is 35.5 Å². The molecule has 1 rings (SSSR count). The minimum Gasteiger partial charge on any atom is -0.490 e. The van der Waals surface area contributed by atoms with E-state index in [1.165, 1.54) is 7.11 Å². The fraction of sp³-hybridized carbons (Fsp3) is 0.583. The van der Waals surface area contributed by atoms with Crippen molar-refractivity contribution in [2.45, 2.75) is 32.6 Å². The number of unbranched alkanes of at least 4 members (excludes halogenated alkanes) is 3. The summed E-state index contributed by atoms with van der Waals surface area (Å²) in [6.45, 7) is 2.59. The highest BCUT2D eigenvalue weighted by Gasteiger charge is 2.10. The van der Waals surface area contributed by atoms with Gasteiger partial charge in [-0.25, -0.2) is 14.2 Å². The molecule has 19 heavy (non-hydrogen) atoms. The van der Waals surface area contributed by atoms with Crippen molar-refractivity contribution in [3.63, 3.8) is 0 Å². The normalized spacial score (nSPS) is 10.2. The van der Waals surface area contributed by atoms with Gasteiger partial charge < -0.3 is 10.1 Å². The van der Waals surface area contributed by atoms with Gasteiger partial charge in [-0.05, 0) is 6.42 Å². The van der Waals surface area contributed by atoms with Gasteiger partial charge >= 0.3 is 11.7 Å². The van der Waals surface area contributed by atoms with Crippen molar-refractivity contribution < 1.29 is 12.4 Å². The highest BCUT2D eigenvalue weighted by molar-refractivity contribution is 5.76. The van der Waals surface area contributed by atoms with E-state index < -0.39 is 17.3 Å². The third kappa shape index (κ3) is 4.27. The van der Waals surface area contributed by atoms with Crippen LogP contribution >= 0.6 is 0 Å². The van der Waals surface area contributed by atoms with Gasteiger partial charge in [0.05, 0.1) is 13.3 Å². The van der Waals surface area contributed by atoms with Crippen LogP contribution < -0.4 is 21.3 Å². The lowest BCUT2D eigenvalue weighted by Crippen LogP contribution is -2.40. The van der Waals surface area contributed by atoms with Crippen molar-refractivity contribution in [2.75, 3.05) is 13.7 Å². The van der Waals surface area contributed by atoms with Crippen LogP contribution in [0.2, 0.25) is 0 Å². The molecule has 1 aromatic heterocycles. The van der Waals surface area contributed by atoms with Crippen molar-refractivity contribution in [3.8, 4) is 5.75 Å². The van der Waals surface area contributed by atoms with E-state index in [1.807, 2.05) is 4.98 Å². The van der Waals surface area contributed by atoms with Crippen LogP contribution in [0.15, 0.2) is 15.8 Å². The van der Waals surface area contributed by atoms with E-state index in [1.54, 1.807) is 0 Å². The maximum Gasteiger partial charge on any atom is 0.336 e. The molecule has 0 saturated carbocycles. The van der Waals surface area contributed by atoms with Gasteiger partial charge in [0.1, 0.15) is 0 Å². The number of nitrogens with zero attached hydrogens (tertiary/aromatic N) is 1. The van der Waals surface area contributed by atoms with Gasteiger partial charge in [0, 0.05) is 9.40 Å². The largest absolute Gasteiger partial charge is 0.490 e. The second-order valence-electron chi connectivity index (χ2n) is 4.12. The number of carbonyl (C=O) groups excluding carboxylic acids is 1. The number of aromatic amines is 1. The zero-order chi connectivity index (χ0) is 14.3. The Morgan fingerprint density at radius 3 is 2.79 bits per heavy atom. The number of H-pyrrole nitrogens is 1. The standard InChI is InChI=1S/C12H19N3O4.2H2/c1-3-4-5-6-7-13-11(17)15-8-9(19-2)10(16)14-12(15)18;;/h8H,3-7H2,1-2H3,(H,13,17)(H,14,16,18);2*1H. The van der Waals surface area contributed by atoms with E-state index >= 15 is 0 Å². The van der Waals surface area contributed by atoms with Gasteiger partial charge in [-0.3, -0.25) is 9.78 Å². The average Bonchev–Trinajstić information content (AvgIpc) is 2.38. The van der Waals surface area contributed by atoms with Crippen molar-refractivity contribution in [2.24, 2.45) is 0 Å². The van der Waals surface area contributed by atoms with E-state index in [4.69, 9.17) is 4.74 Å². The number of ether oxygens (including phenoxy) is 1. The van der Waals surface area contributed by atoms with E-state index in [0.29, 0.717) is 6.54 Å². The molecule has 0 aliphatic carbocycles. The molecule has 0 bridgehead atoms. The van der Waals surface area contributed by atoms with Crippen molar-refractivity contribution in [1.29, 1.82) is 0 Å². The Bertz CT molecular complexity index is 542. The Morgan fingerprint density at radius 2 is 2.16 bits per heavy atom. The zero-order valence-electron chi connectivity index (χ0n) is 11.2. The van der Waals surface area contributed by atoms with Crippen molar-refractivity contribution in [3.05, 3.63) is 27.0 Å². The molecule has 1 heterocycles. The predicted octanol–water partition coefficient (Wildman–Crippen LogP) is 1.18. The fourth-order valence-electron chi connectivity index (χ4n) is 1.58. The van der Waals surface area contributed by atoms with Crippen LogP contribution in [0.3, 0.4) is 0 Å². The molecule has 0 fully saturated rings. The van der Waals surface area contributed by atoms with Gasteiger partial charge in [-0.15, -0.1) is 0 Å². The lowest BCUT2D eigenvalue weighted by Gasteiger charge is -2.07. The van der Waals surface area contributed by atoms with Crippen LogP contribution in [0.4, 0.5) is 4.79 Å². The average molecular weight is 273 g/mol. The Hall–Kier alpha value is -2.05. The molecule has 0 aliphatic heterocycles. The number of rotatable bonds is 6. The highest BCUT2D eigenvalue weighted by Crippen LogP contribution is 1.98. The van der Waals surface area contributed by atoms with E-state index in [9.17, 15) is 14.4 Å². The van der Waals surface area contributed by atoms with Crippen LogP contribution in [0.25, 0.3) is 0 Å². The van der Waals surface area contributed by atoms with Crippen LogP contribution in [0, 0.1) is 0 Å². The summed E-state index contributed by atoms with van der Waals surface area (Å²) in [5.41, 5.74) is -1.43. The van der Waals surface area contributed by atoms with Crippen LogP contribution in [-0.4, -0.2) is 29.2 Å². The van der Waals surface area contributed by atoms with Crippen LogP contribution in [-0.2, 0) is 0 Å². The molecule has 7 nitrogen and oxygen atoms in total. The summed E-state index contributed by atoms with van der Waals surface area (Å²) in [4.78, 5) is 36.5. The molecule has 110 valence electrons. The molecule has 0 saturated heterocycles. The number of nitrogens with one attached hydrogen (secondary N) is 2. The minimum atomic E-state index is -0.781. The number of carbonyl (C=O) groups is 1. The molecule has 0 unspecified atom stereocenters. The molecule has 1 amide bonds. The molecule has 1 aromatic rings. The lowest BCUT2D eigenvalue weighted by atomic mass is 10.2. The Balaban J connectivity index is 0. The van der Waals surface area contributed by atoms with E-state index in [0.717, 1.165) is 36.4 Å². The van der Waals surface area contributed by atoms with Gasteiger partial charge in [-0.2, -0.15) is 0 Å². The van der Waals surface area contributed by atoms with Gasteiger partial charge in [0.25, 0.3) is 5.56 Å².